The Morgan fingerprint density at radius 3 is 2.60 bits per heavy atom. The van der Waals surface area contributed by atoms with Crippen LogP contribution in [0.3, 0.4) is 0 Å². The Kier molecular flexibility index (Phi) is 8.86. The predicted molar refractivity (Wildman–Crippen MR) is 133 cm³/mol. The molecule has 0 saturated carbocycles. The fourth-order valence-corrected chi connectivity index (χ4v) is 5.06. The normalized spacial score (nSPS) is 18.2. The number of aryl methyl sites for hydroxylation is 1. The number of likely N-dealkylation sites (tertiary alicyclic amines) is 1. The average Bonchev–Trinajstić information content (AvgIpc) is 3.19. The zero-order valence-electron chi connectivity index (χ0n) is 21.2. The quantitative estimate of drug-likeness (QED) is 0.440. The number of nitrogens with zero attached hydrogens (tertiary/aromatic N) is 3. The van der Waals surface area contributed by atoms with Crippen molar-refractivity contribution < 1.29 is 22.7 Å². The lowest BCUT2D eigenvalue weighted by molar-refractivity contribution is -0.137. The number of benzene rings is 1. The molecular formula is C26H36F3N3O2S. The van der Waals surface area contributed by atoms with Crippen molar-refractivity contribution >= 4 is 17.4 Å². The van der Waals surface area contributed by atoms with Gasteiger partial charge in [-0.3, -0.25) is 8.75 Å². The fourth-order valence-electron chi connectivity index (χ4n) is 4.03. The SMILES string of the molecule is CCCCc1cn(C(C)(C)C)s/c1=N\C(=O)c1cc(C(F)(F)F)ccc1OCC1CCCCN1C. The number of hydrogen-bond donors (Lipinski definition) is 0. The highest BCUT2D eigenvalue weighted by atomic mass is 32.1. The third kappa shape index (κ3) is 7.19. The topological polar surface area (TPSA) is 46.8 Å². The van der Waals surface area contributed by atoms with Crippen LogP contribution in [0.4, 0.5) is 13.2 Å². The molecule has 35 heavy (non-hydrogen) atoms. The molecule has 2 heterocycles. The molecule has 1 aliphatic rings. The molecule has 1 aromatic heterocycles. The summed E-state index contributed by atoms with van der Waals surface area (Å²) in [6.45, 7) is 9.52. The van der Waals surface area contributed by atoms with Crippen LogP contribution in [-0.2, 0) is 18.1 Å². The highest BCUT2D eigenvalue weighted by molar-refractivity contribution is 7.04. The molecule has 1 saturated heterocycles. The first-order valence-electron chi connectivity index (χ1n) is 12.3. The number of ether oxygens (including phenoxy) is 1. The first-order chi connectivity index (χ1) is 16.4. The molecule has 1 amide bonds. The van der Waals surface area contributed by atoms with Gasteiger partial charge >= 0.3 is 6.18 Å². The van der Waals surface area contributed by atoms with Crippen molar-refractivity contribution in [1.29, 1.82) is 0 Å². The molecule has 0 spiro atoms. The maximum absolute atomic E-state index is 13.5. The van der Waals surface area contributed by atoms with Gasteiger partial charge in [0.25, 0.3) is 5.91 Å². The first kappa shape index (κ1) is 27.5. The summed E-state index contributed by atoms with van der Waals surface area (Å²) in [6.07, 6.45) is 3.25. The van der Waals surface area contributed by atoms with Gasteiger partial charge in [0.15, 0.2) is 0 Å². The summed E-state index contributed by atoms with van der Waals surface area (Å²) in [7, 11) is 2.01. The van der Waals surface area contributed by atoms with Crippen molar-refractivity contribution in [3.8, 4) is 5.75 Å². The van der Waals surface area contributed by atoms with Gasteiger partial charge in [-0.1, -0.05) is 19.8 Å². The van der Waals surface area contributed by atoms with E-state index in [0.29, 0.717) is 11.3 Å². The van der Waals surface area contributed by atoms with E-state index in [4.69, 9.17) is 4.74 Å². The van der Waals surface area contributed by atoms with Gasteiger partial charge in [-0.25, -0.2) is 0 Å². The summed E-state index contributed by atoms with van der Waals surface area (Å²) in [5.41, 5.74) is -0.312. The van der Waals surface area contributed by atoms with Crippen molar-refractivity contribution in [3.63, 3.8) is 0 Å². The van der Waals surface area contributed by atoms with E-state index in [1.807, 2.05) is 17.2 Å². The van der Waals surface area contributed by atoms with Gasteiger partial charge in [0.2, 0.25) is 0 Å². The first-order valence-corrected chi connectivity index (χ1v) is 13.0. The third-order valence-corrected chi connectivity index (χ3v) is 7.66. The molecule has 0 radical (unpaired) electrons. The second kappa shape index (κ2) is 11.3. The summed E-state index contributed by atoms with van der Waals surface area (Å²) in [5.74, 6) is -0.579. The molecule has 2 aromatic rings. The number of aromatic nitrogens is 1. The lowest BCUT2D eigenvalue weighted by Crippen LogP contribution is -2.40. The van der Waals surface area contributed by atoms with Gasteiger partial charge in [-0.2, -0.15) is 18.2 Å². The Labute approximate surface area is 209 Å². The summed E-state index contributed by atoms with van der Waals surface area (Å²) in [4.78, 5) is 19.8. The van der Waals surface area contributed by atoms with Gasteiger partial charge in [0, 0.05) is 23.3 Å². The van der Waals surface area contributed by atoms with E-state index in [0.717, 1.165) is 62.8 Å². The third-order valence-electron chi connectivity index (χ3n) is 6.29. The van der Waals surface area contributed by atoms with Crippen LogP contribution in [0.1, 0.15) is 81.3 Å². The summed E-state index contributed by atoms with van der Waals surface area (Å²) in [6, 6.07) is 3.23. The maximum atomic E-state index is 13.5. The Balaban J connectivity index is 1.99. The smallest absolute Gasteiger partial charge is 0.416 e. The van der Waals surface area contributed by atoms with Crippen molar-refractivity contribution in [2.24, 2.45) is 4.99 Å². The van der Waals surface area contributed by atoms with E-state index in [-0.39, 0.29) is 22.9 Å². The molecule has 1 aliphatic heterocycles. The van der Waals surface area contributed by atoms with Crippen molar-refractivity contribution in [3.05, 3.63) is 45.8 Å². The van der Waals surface area contributed by atoms with E-state index < -0.39 is 17.6 Å². The van der Waals surface area contributed by atoms with E-state index in [1.54, 1.807) is 0 Å². The second-order valence-electron chi connectivity index (χ2n) is 10.2. The summed E-state index contributed by atoms with van der Waals surface area (Å²) >= 11 is 1.35. The van der Waals surface area contributed by atoms with Crippen molar-refractivity contribution in [1.82, 2.24) is 8.86 Å². The number of rotatable bonds is 7. The van der Waals surface area contributed by atoms with Gasteiger partial charge in [-0.05, 0) is 89.8 Å². The van der Waals surface area contributed by atoms with Crippen LogP contribution in [0, 0.1) is 0 Å². The number of carbonyl (C=O) groups excluding carboxylic acids is 1. The van der Waals surface area contributed by atoms with Crippen LogP contribution in [-0.4, -0.2) is 41.0 Å². The highest BCUT2D eigenvalue weighted by Gasteiger charge is 2.32. The van der Waals surface area contributed by atoms with Gasteiger partial charge < -0.3 is 9.64 Å². The molecule has 194 valence electrons. The predicted octanol–water partition coefficient (Wildman–Crippen LogP) is 6.27. The molecule has 1 aromatic carbocycles. The molecule has 1 unspecified atom stereocenters. The minimum Gasteiger partial charge on any atom is -0.491 e. The number of halogens is 3. The van der Waals surface area contributed by atoms with Crippen LogP contribution in [0.5, 0.6) is 5.75 Å². The minimum absolute atomic E-state index is 0.140. The highest BCUT2D eigenvalue weighted by Crippen LogP contribution is 2.33. The van der Waals surface area contributed by atoms with E-state index >= 15 is 0 Å². The van der Waals surface area contributed by atoms with Crippen LogP contribution < -0.4 is 9.41 Å². The summed E-state index contributed by atoms with van der Waals surface area (Å²) < 4.78 is 48.9. The van der Waals surface area contributed by atoms with Gasteiger partial charge in [-0.15, -0.1) is 0 Å². The number of piperidine rings is 1. The number of hydrogen-bond acceptors (Lipinski definition) is 4. The van der Waals surface area contributed by atoms with Crippen LogP contribution in [0.2, 0.25) is 0 Å². The molecule has 5 nitrogen and oxygen atoms in total. The monoisotopic (exact) mass is 511 g/mol. The largest absolute Gasteiger partial charge is 0.491 e. The molecule has 1 atom stereocenters. The zero-order valence-corrected chi connectivity index (χ0v) is 22.1. The molecular weight excluding hydrogens is 475 g/mol. The minimum atomic E-state index is -4.57. The van der Waals surface area contributed by atoms with Gasteiger partial charge in [0.1, 0.15) is 17.0 Å². The van der Waals surface area contributed by atoms with Crippen molar-refractivity contribution in [2.75, 3.05) is 20.2 Å². The lowest BCUT2D eigenvalue weighted by atomic mass is 10.0. The van der Waals surface area contributed by atoms with E-state index in [1.165, 1.54) is 17.6 Å². The number of carbonyl (C=O) groups is 1. The Hall–Kier alpha value is -2.13. The lowest BCUT2D eigenvalue weighted by Gasteiger charge is -2.32. The summed E-state index contributed by atoms with van der Waals surface area (Å²) in [5, 5.41) is 0. The van der Waals surface area contributed by atoms with Crippen LogP contribution in [0.15, 0.2) is 29.4 Å². The molecule has 0 bridgehead atoms. The maximum Gasteiger partial charge on any atom is 0.416 e. The molecule has 0 N–H and O–H groups in total. The number of alkyl halides is 3. The van der Waals surface area contributed by atoms with E-state index in [2.05, 4.69) is 37.6 Å². The van der Waals surface area contributed by atoms with Crippen LogP contribution in [0.25, 0.3) is 0 Å². The molecule has 0 aliphatic carbocycles. The zero-order chi connectivity index (χ0) is 25.8. The molecule has 9 heteroatoms. The van der Waals surface area contributed by atoms with E-state index in [9.17, 15) is 18.0 Å². The standard InChI is InChI=1S/C26H36F3N3O2S/c1-6-7-10-18-16-32(25(2,3)4)35-24(18)30-23(33)21-15-19(26(27,28)29)12-13-22(21)34-17-20-11-8-9-14-31(20)5/h12-13,15-16,20H,6-11,14,17H2,1-5H3/b30-24-. The average molecular weight is 512 g/mol. The number of unbranched alkanes of at least 4 members (excludes halogenated alkanes) is 1. The Morgan fingerprint density at radius 1 is 1.23 bits per heavy atom. The number of likely N-dealkylation sites (N-methyl/N-ethyl adjacent to an activating group) is 1. The number of amides is 1. The van der Waals surface area contributed by atoms with Crippen molar-refractivity contribution in [2.45, 2.75) is 84.0 Å². The second-order valence-corrected chi connectivity index (χ2v) is 11.2. The Bertz CT molecular complexity index is 1080. The Morgan fingerprint density at radius 2 is 1.97 bits per heavy atom. The fraction of sp³-hybridized carbons (Fsp3) is 0.615. The van der Waals surface area contributed by atoms with Crippen LogP contribution >= 0.6 is 11.5 Å². The molecule has 3 rings (SSSR count). The molecule has 1 fully saturated rings. The van der Waals surface area contributed by atoms with Gasteiger partial charge in [0.05, 0.1) is 11.1 Å².